The summed E-state index contributed by atoms with van der Waals surface area (Å²) in [6.07, 6.45) is -1.62. The van der Waals surface area contributed by atoms with Gasteiger partial charge in [-0.25, -0.2) is 19.2 Å². The van der Waals surface area contributed by atoms with Crippen LogP contribution in [-0.4, -0.2) is 47.4 Å². The average molecular weight is 445 g/mol. The molecule has 0 spiro atoms. The number of amides is 2. The summed E-state index contributed by atoms with van der Waals surface area (Å²) in [5.41, 5.74) is -3.07. The molecular weight excluding hydrogens is 404 g/mol. The van der Waals surface area contributed by atoms with Gasteiger partial charge in [-0.05, 0) is 52.4 Å². The van der Waals surface area contributed by atoms with Crippen LogP contribution in [0.3, 0.4) is 0 Å². The van der Waals surface area contributed by atoms with E-state index in [0.29, 0.717) is 0 Å². The highest BCUT2D eigenvalue weighted by molar-refractivity contribution is 5.94. The van der Waals surface area contributed by atoms with Crippen molar-refractivity contribution >= 4 is 24.1 Å². The Morgan fingerprint density at radius 3 is 1.00 bits per heavy atom. The second-order valence-corrected chi connectivity index (χ2v) is 11.6. The van der Waals surface area contributed by atoms with E-state index in [9.17, 15) is 19.2 Å². The van der Waals surface area contributed by atoms with Gasteiger partial charge in [-0.2, -0.15) is 0 Å². The first-order chi connectivity index (χ1) is 13.5. The first kappa shape index (κ1) is 28.7. The molecule has 180 valence electrons. The predicted molar refractivity (Wildman–Crippen MR) is 116 cm³/mol. The van der Waals surface area contributed by atoms with Gasteiger partial charge in [0.05, 0.1) is 0 Å². The van der Waals surface area contributed by atoms with Crippen molar-refractivity contribution in [2.75, 3.05) is 0 Å². The van der Waals surface area contributed by atoms with Gasteiger partial charge in [0.2, 0.25) is 0 Å². The number of hydrogen-bond donors (Lipinski definition) is 2. The van der Waals surface area contributed by atoms with Gasteiger partial charge in [-0.1, -0.05) is 41.5 Å². The van der Waals surface area contributed by atoms with Crippen LogP contribution in [0.2, 0.25) is 0 Å². The van der Waals surface area contributed by atoms with Crippen molar-refractivity contribution in [2.45, 2.75) is 106 Å². The molecule has 2 unspecified atom stereocenters. The van der Waals surface area contributed by atoms with Gasteiger partial charge in [0, 0.05) is 0 Å². The molecule has 9 nitrogen and oxygen atoms in total. The summed E-state index contributed by atoms with van der Waals surface area (Å²) in [6, 6.07) is -2.32. The van der Waals surface area contributed by atoms with Gasteiger partial charge < -0.3 is 24.8 Å². The summed E-state index contributed by atoms with van der Waals surface area (Å²) in [5, 5.41) is 4.94. The van der Waals surface area contributed by atoms with Crippen molar-refractivity contribution in [3.63, 3.8) is 0 Å². The Morgan fingerprint density at radius 1 is 0.548 bits per heavy atom. The molecule has 9 heteroatoms. The lowest BCUT2D eigenvalue weighted by Crippen LogP contribution is -2.55. The average Bonchev–Trinajstić information content (AvgIpc) is 2.44. The second-order valence-electron chi connectivity index (χ2n) is 11.6. The molecule has 0 saturated carbocycles. The molecular formula is C22H40N2O7. The van der Waals surface area contributed by atoms with Crippen LogP contribution in [0, 0.1) is 10.8 Å². The lowest BCUT2D eigenvalue weighted by atomic mass is 9.86. The van der Waals surface area contributed by atoms with Crippen LogP contribution in [0.15, 0.2) is 0 Å². The van der Waals surface area contributed by atoms with Crippen molar-refractivity contribution < 1.29 is 33.4 Å². The minimum Gasteiger partial charge on any atom is -0.444 e. The molecule has 2 amide bonds. The Bertz CT molecular complexity index is 616. The van der Waals surface area contributed by atoms with Crippen LogP contribution in [0.1, 0.15) is 83.1 Å². The van der Waals surface area contributed by atoms with Gasteiger partial charge in [-0.15, -0.1) is 0 Å². The van der Waals surface area contributed by atoms with E-state index in [-0.39, 0.29) is 0 Å². The number of alkyl carbamates (subject to hydrolysis) is 2. The Kier molecular flexibility index (Phi) is 9.13. The van der Waals surface area contributed by atoms with E-state index in [4.69, 9.17) is 14.2 Å². The topological polar surface area (TPSA) is 120 Å². The summed E-state index contributed by atoms with van der Waals surface area (Å²) in [4.78, 5) is 49.9. The summed E-state index contributed by atoms with van der Waals surface area (Å²) < 4.78 is 15.5. The van der Waals surface area contributed by atoms with E-state index in [2.05, 4.69) is 10.6 Å². The number of hydrogen-bond acceptors (Lipinski definition) is 7. The fourth-order valence-electron chi connectivity index (χ4n) is 2.33. The molecule has 31 heavy (non-hydrogen) atoms. The normalized spacial score (nSPS) is 14.7. The highest BCUT2D eigenvalue weighted by Crippen LogP contribution is 2.24. The van der Waals surface area contributed by atoms with E-state index < -0.39 is 58.2 Å². The molecule has 0 aromatic rings. The molecule has 0 heterocycles. The van der Waals surface area contributed by atoms with Crippen molar-refractivity contribution in [3.05, 3.63) is 0 Å². The van der Waals surface area contributed by atoms with Crippen LogP contribution in [0.25, 0.3) is 0 Å². The molecule has 2 atom stereocenters. The Labute approximate surface area is 185 Å². The van der Waals surface area contributed by atoms with Crippen LogP contribution in [0.5, 0.6) is 0 Å². The quantitative estimate of drug-likeness (QED) is 0.383. The molecule has 0 fully saturated rings. The Morgan fingerprint density at radius 2 is 0.806 bits per heavy atom. The number of esters is 2. The highest BCUT2D eigenvalue weighted by Gasteiger charge is 2.41. The minimum absolute atomic E-state index is 0.763. The van der Waals surface area contributed by atoms with E-state index in [0.717, 1.165) is 0 Å². The van der Waals surface area contributed by atoms with Gasteiger partial charge in [0.15, 0.2) is 0 Å². The largest absolute Gasteiger partial charge is 0.444 e. The lowest BCUT2D eigenvalue weighted by Gasteiger charge is -2.33. The van der Waals surface area contributed by atoms with Crippen LogP contribution >= 0.6 is 0 Å². The van der Waals surface area contributed by atoms with Crippen molar-refractivity contribution in [2.24, 2.45) is 10.8 Å². The molecule has 0 bridgehead atoms. The molecule has 0 saturated heterocycles. The zero-order valence-electron chi connectivity index (χ0n) is 21.0. The highest BCUT2D eigenvalue weighted by atomic mass is 16.6. The number of rotatable bonds is 4. The fourth-order valence-corrected chi connectivity index (χ4v) is 2.33. The van der Waals surface area contributed by atoms with E-state index >= 15 is 0 Å². The molecule has 2 N–H and O–H groups in total. The lowest BCUT2D eigenvalue weighted by molar-refractivity contribution is -0.166. The van der Waals surface area contributed by atoms with E-state index in [1.165, 1.54) is 0 Å². The van der Waals surface area contributed by atoms with Gasteiger partial charge in [0.1, 0.15) is 23.3 Å². The number of carbonyl (C=O) groups is 4. The molecule has 0 radical (unpaired) electrons. The van der Waals surface area contributed by atoms with E-state index in [1.54, 1.807) is 83.1 Å². The monoisotopic (exact) mass is 444 g/mol. The van der Waals surface area contributed by atoms with Crippen molar-refractivity contribution in [1.82, 2.24) is 10.6 Å². The van der Waals surface area contributed by atoms with Crippen molar-refractivity contribution in [1.29, 1.82) is 0 Å². The molecule has 0 rings (SSSR count). The third kappa shape index (κ3) is 11.6. The van der Waals surface area contributed by atoms with Crippen LogP contribution in [-0.2, 0) is 23.8 Å². The summed E-state index contributed by atoms with van der Waals surface area (Å²) in [6.45, 7) is 20.4. The number of nitrogens with one attached hydrogen (secondary N) is 2. The van der Waals surface area contributed by atoms with E-state index in [1.807, 2.05) is 0 Å². The summed E-state index contributed by atoms with van der Waals surface area (Å²) >= 11 is 0. The smallest absolute Gasteiger partial charge is 0.408 e. The zero-order valence-corrected chi connectivity index (χ0v) is 21.0. The maximum atomic E-state index is 12.8. The second kappa shape index (κ2) is 9.87. The van der Waals surface area contributed by atoms with Gasteiger partial charge in [0.25, 0.3) is 0 Å². The standard InChI is InChI=1S/C22H40N2O7/c1-19(2,3)13(23-17(27)30-21(7,8)9)15(25)29-16(26)14(20(4,5)6)24-18(28)31-22(10,11)12/h13-14H,1-12H3,(H,23,27)(H,24,28). The van der Waals surface area contributed by atoms with Gasteiger partial charge in [-0.3, -0.25) is 0 Å². The van der Waals surface area contributed by atoms with Crippen LogP contribution < -0.4 is 10.6 Å². The van der Waals surface area contributed by atoms with Crippen LogP contribution in [0.4, 0.5) is 9.59 Å². The summed E-state index contributed by atoms with van der Waals surface area (Å²) in [7, 11) is 0. The first-order valence-corrected chi connectivity index (χ1v) is 10.3. The fraction of sp³-hybridized carbons (Fsp3) is 0.818. The number of ether oxygens (including phenoxy) is 3. The number of carbonyl (C=O) groups excluding carboxylic acids is 4. The first-order valence-electron chi connectivity index (χ1n) is 10.3. The Balaban J connectivity index is 5.50. The molecule has 0 aromatic carbocycles. The maximum absolute atomic E-state index is 12.8. The maximum Gasteiger partial charge on any atom is 0.408 e. The molecule has 0 aliphatic carbocycles. The molecule has 0 aliphatic rings. The Hall–Kier alpha value is -2.32. The molecule has 0 aliphatic heterocycles. The third-order valence-electron chi connectivity index (χ3n) is 3.73. The summed E-state index contributed by atoms with van der Waals surface area (Å²) in [5.74, 6) is -1.91. The van der Waals surface area contributed by atoms with Crippen molar-refractivity contribution in [3.8, 4) is 0 Å². The predicted octanol–water partition coefficient (Wildman–Crippen LogP) is 3.94. The zero-order chi connectivity index (χ0) is 25.0. The molecule has 0 aromatic heterocycles. The SMILES string of the molecule is CC(C)(C)OC(=O)NC(C(=O)OC(=O)C(NC(=O)OC(C)(C)C)C(C)(C)C)C(C)(C)C. The third-order valence-corrected chi connectivity index (χ3v) is 3.73. The van der Waals surface area contributed by atoms with Gasteiger partial charge >= 0.3 is 24.1 Å². The minimum atomic E-state index is -1.16.